The molecule has 0 aromatic carbocycles. The van der Waals surface area contributed by atoms with Crippen LogP contribution in [0, 0.1) is 0 Å². The maximum atomic E-state index is 11.4. The Morgan fingerprint density at radius 3 is 2.93 bits per heavy atom. The fraction of sp³-hybridized carbons (Fsp3) is 0.111. The van der Waals surface area contributed by atoms with Gasteiger partial charge in [0.25, 0.3) is 11.9 Å². The van der Waals surface area contributed by atoms with Crippen molar-refractivity contribution >= 4 is 5.91 Å². The summed E-state index contributed by atoms with van der Waals surface area (Å²) in [7, 11) is 0. The Balaban J connectivity index is 1.90. The Morgan fingerprint density at radius 2 is 2.29 bits per heavy atom. The SMILES string of the molecule is O=C(COc1ncc[nH]1)n1cccc1. The van der Waals surface area contributed by atoms with Crippen molar-refractivity contribution in [2.75, 3.05) is 6.61 Å². The van der Waals surface area contributed by atoms with Crippen LogP contribution >= 0.6 is 0 Å². The molecule has 0 fully saturated rings. The Morgan fingerprint density at radius 1 is 1.50 bits per heavy atom. The first-order chi connectivity index (χ1) is 6.86. The summed E-state index contributed by atoms with van der Waals surface area (Å²) in [5.74, 6) is -0.133. The van der Waals surface area contributed by atoms with Gasteiger partial charge >= 0.3 is 0 Å². The number of hydrogen-bond donors (Lipinski definition) is 1. The van der Waals surface area contributed by atoms with Crippen molar-refractivity contribution < 1.29 is 9.53 Å². The van der Waals surface area contributed by atoms with Gasteiger partial charge in [0.05, 0.1) is 0 Å². The van der Waals surface area contributed by atoms with Crippen molar-refractivity contribution in [2.45, 2.75) is 0 Å². The monoisotopic (exact) mass is 191 g/mol. The van der Waals surface area contributed by atoms with Crippen molar-refractivity contribution in [2.24, 2.45) is 0 Å². The summed E-state index contributed by atoms with van der Waals surface area (Å²) in [6.45, 7) is -0.0256. The average molecular weight is 191 g/mol. The molecule has 2 aromatic rings. The first-order valence-electron chi connectivity index (χ1n) is 4.14. The lowest BCUT2D eigenvalue weighted by Crippen LogP contribution is -2.17. The number of nitrogens with one attached hydrogen (secondary N) is 1. The predicted molar refractivity (Wildman–Crippen MR) is 49.1 cm³/mol. The smallest absolute Gasteiger partial charge is 0.294 e. The van der Waals surface area contributed by atoms with E-state index in [0.717, 1.165) is 0 Å². The summed E-state index contributed by atoms with van der Waals surface area (Å²) < 4.78 is 6.56. The number of carbonyl (C=O) groups excluding carboxylic acids is 1. The third-order valence-corrected chi connectivity index (χ3v) is 1.70. The lowest BCUT2D eigenvalue weighted by atomic mass is 10.6. The van der Waals surface area contributed by atoms with Gasteiger partial charge in [0.2, 0.25) is 0 Å². The molecule has 0 aliphatic carbocycles. The molecule has 0 radical (unpaired) electrons. The van der Waals surface area contributed by atoms with E-state index >= 15 is 0 Å². The molecule has 0 aliphatic heterocycles. The molecule has 0 spiro atoms. The molecule has 0 saturated heterocycles. The molecule has 5 heteroatoms. The van der Waals surface area contributed by atoms with Gasteiger partial charge < -0.3 is 9.72 Å². The van der Waals surface area contributed by atoms with E-state index in [2.05, 4.69) is 9.97 Å². The van der Waals surface area contributed by atoms with Gasteiger partial charge in [0.1, 0.15) is 0 Å². The second-order valence-corrected chi connectivity index (χ2v) is 2.67. The summed E-state index contributed by atoms with van der Waals surface area (Å²) >= 11 is 0. The molecule has 5 nitrogen and oxygen atoms in total. The Labute approximate surface area is 80.3 Å². The topological polar surface area (TPSA) is 59.9 Å². The number of imidazole rings is 1. The molecular weight excluding hydrogens is 182 g/mol. The van der Waals surface area contributed by atoms with Crippen LogP contribution in [-0.4, -0.2) is 27.0 Å². The highest BCUT2D eigenvalue weighted by molar-refractivity contribution is 5.80. The van der Waals surface area contributed by atoms with Gasteiger partial charge in [-0.15, -0.1) is 0 Å². The molecule has 1 N–H and O–H groups in total. The van der Waals surface area contributed by atoms with Crippen molar-refractivity contribution in [3.05, 3.63) is 36.9 Å². The minimum absolute atomic E-state index is 0.0256. The zero-order chi connectivity index (χ0) is 9.80. The molecule has 0 aliphatic rings. The van der Waals surface area contributed by atoms with Crippen LogP contribution in [0.2, 0.25) is 0 Å². The predicted octanol–water partition coefficient (Wildman–Crippen LogP) is 0.930. The van der Waals surface area contributed by atoms with Crippen molar-refractivity contribution in [3.8, 4) is 6.01 Å². The van der Waals surface area contributed by atoms with E-state index in [0.29, 0.717) is 6.01 Å². The lowest BCUT2D eigenvalue weighted by molar-refractivity contribution is 0.0831. The number of aromatic nitrogens is 3. The van der Waals surface area contributed by atoms with Crippen LogP contribution in [0.4, 0.5) is 0 Å². The van der Waals surface area contributed by atoms with Crippen LogP contribution in [0.15, 0.2) is 36.9 Å². The maximum Gasteiger partial charge on any atom is 0.294 e. The summed E-state index contributed by atoms with van der Waals surface area (Å²) in [6.07, 6.45) is 6.55. The van der Waals surface area contributed by atoms with E-state index < -0.39 is 0 Å². The number of nitrogens with zero attached hydrogens (tertiary/aromatic N) is 2. The largest absolute Gasteiger partial charge is 0.455 e. The van der Waals surface area contributed by atoms with Gasteiger partial charge in [-0.1, -0.05) is 0 Å². The molecule has 0 atom stereocenters. The van der Waals surface area contributed by atoms with Crippen LogP contribution in [0.1, 0.15) is 4.79 Å². The van der Waals surface area contributed by atoms with Gasteiger partial charge in [-0.05, 0) is 12.1 Å². The lowest BCUT2D eigenvalue weighted by Gasteiger charge is -2.01. The number of rotatable bonds is 3. The number of hydrogen-bond acceptors (Lipinski definition) is 3. The summed E-state index contributed by atoms with van der Waals surface area (Å²) in [5.41, 5.74) is 0. The van der Waals surface area contributed by atoms with Gasteiger partial charge in [-0.25, -0.2) is 4.98 Å². The molecule has 0 saturated carbocycles. The summed E-state index contributed by atoms with van der Waals surface area (Å²) in [5, 5.41) is 0. The van der Waals surface area contributed by atoms with E-state index in [1.807, 2.05) is 0 Å². The van der Waals surface area contributed by atoms with Gasteiger partial charge in [0, 0.05) is 24.8 Å². The van der Waals surface area contributed by atoms with Crippen LogP contribution in [-0.2, 0) is 0 Å². The third kappa shape index (κ3) is 1.82. The van der Waals surface area contributed by atoms with Crippen LogP contribution in [0.3, 0.4) is 0 Å². The maximum absolute atomic E-state index is 11.4. The minimum Gasteiger partial charge on any atom is -0.455 e. The Kier molecular flexibility index (Phi) is 2.31. The van der Waals surface area contributed by atoms with E-state index in [1.165, 1.54) is 4.57 Å². The second kappa shape index (κ2) is 3.78. The van der Waals surface area contributed by atoms with Crippen LogP contribution < -0.4 is 4.74 Å². The highest BCUT2D eigenvalue weighted by Crippen LogP contribution is 1.99. The molecule has 0 bridgehead atoms. The summed E-state index contributed by atoms with van der Waals surface area (Å²) in [4.78, 5) is 18.0. The molecule has 2 heterocycles. The van der Waals surface area contributed by atoms with Gasteiger partial charge in [-0.2, -0.15) is 0 Å². The fourth-order valence-electron chi connectivity index (χ4n) is 1.04. The quantitative estimate of drug-likeness (QED) is 0.785. The van der Waals surface area contributed by atoms with E-state index in [4.69, 9.17) is 4.74 Å². The molecule has 2 rings (SSSR count). The zero-order valence-electron chi connectivity index (χ0n) is 7.38. The van der Waals surface area contributed by atoms with Crippen molar-refractivity contribution in [1.29, 1.82) is 0 Å². The van der Waals surface area contributed by atoms with Crippen LogP contribution in [0.25, 0.3) is 0 Å². The standard InChI is InChI=1S/C9H9N3O2/c13-8(12-5-1-2-6-12)7-14-9-10-3-4-11-9/h1-6H,7H2,(H,10,11). The molecule has 0 amide bonds. The van der Waals surface area contributed by atoms with Crippen LogP contribution in [0.5, 0.6) is 6.01 Å². The Bertz CT molecular complexity index is 392. The van der Waals surface area contributed by atoms with Gasteiger partial charge in [-0.3, -0.25) is 9.36 Å². The van der Waals surface area contributed by atoms with Crippen molar-refractivity contribution in [3.63, 3.8) is 0 Å². The number of ether oxygens (including phenoxy) is 1. The normalized spacial score (nSPS) is 10.0. The number of H-pyrrole nitrogens is 1. The van der Waals surface area contributed by atoms with E-state index in [1.54, 1.807) is 36.9 Å². The van der Waals surface area contributed by atoms with E-state index in [9.17, 15) is 4.79 Å². The zero-order valence-corrected chi connectivity index (χ0v) is 7.38. The highest BCUT2D eigenvalue weighted by Gasteiger charge is 2.04. The molecule has 0 unspecified atom stereocenters. The average Bonchev–Trinajstić information content (AvgIpc) is 2.87. The molecule has 14 heavy (non-hydrogen) atoms. The number of carbonyl (C=O) groups is 1. The second-order valence-electron chi connectivity index (χ2n) is 2.67. The molecular formula is C9H9N3O2. The Hall–Kier alpha value is -2.04. The van der Waals surface area contributed by atoms with Gasteiger partial charge in [0.15, 0.2) is 6.61 Å². The molecule has 72 valence electrons. The first kappa shape index (κ1) is 8.55. The summed E-state index contributed by atoms with van der Waals surface area (Å²) in [6, 6.07) is 3.92. The molecule has 2 aromatic heterocycles. The number of aromatic amines is 1. The fourth-order valence-corrected chi connectivity index (χ4v) is 1.04. The van der Waals surface area contributed by atoms with Crippen molar-refractivity contribution in [1.82, 2.24) is 14.5 Å². The highest BCUT2D eigenvalue weighted by atomic mass is 16.5. The minimum atomic E-state index is -0.133. The van der Waals surface area contributed by atoms with E-state index in [-0.39, 0.29) is 12.5 Å². The first-order valence-corrected chi connectivity index (χ1v) is 4.14. The third-order valence-electron chi connectivity index (χ3n) is 1.70.